The maximum Gasteiger partial charge on any atom is 0.279 e. The van der Waals surface area contributed by atoms with Crippen molar-refractivity contribution in [2.75, 3.05) is 18.1 Å². The first-order chi connectivity index (χ1) is 23.8. The molecule has 5 atom stereocenters. The Bertz CT molecular complexity index is 2090. The van der Waals surface area contributed by atoms with Gasteiger partial charge in [-0.3, -0.25) is 24.5 Å². The molecule has 2 amide bonds. The van der Waals surface area contributed by atoms with Gasteiger partial charge >= 0.3 is 0 Å². The second-order valence-electron chi connectivity index (χ2n) is 14.0. The van der Waals surface area contributed by atoms with Gasteiger partial charge < -0.3 is 23.8 Å². The molecule has 3 aromatic carbocycles. The molecule has 3 aliphatic rings. The second kappa shape index (κ2) is 12.5. The fourth-order valence-electron chi connectivity index (χ4n) is 8.39. The number of aliphatic hydroxyl groups is 1. The molecule has 260 valence electrons. The number of amides is 2. The fraction of sp³-hybridized carbons (Fsp3) is 0.389. The number of ether oxygens (including phenoxy) is 1. The number of nitro benzene ring substituents is 1. The lowest BCUT2D eigenvalue weighted by Gasteiger charge is -2.31. The Labute approximate surface area is 288 Å². The second-order valence-corrected chi connectivity index (χ2v) is 17.8. The number of rotatable bonds is 8. The third kappa shape index (κ3) is 5.42. The van der Waals surface area contributed by atoms with Crippen LogP contribution in [0.2, 0.25) is 18.6 Å². The van der Waals surface area contributed by atoms with E-state index in [0.29, 0.717) is 40.7 Å². The van der Waals surface area contributed by atoms with E-state index in [2.05, 4.69) is 5.10 Å². The number of carbonyl (C=O) groups excluding carboxylic acids is 2. The first kappa shape index (κ1) is 33.7. The van der Waals surface area contributed by atoms with Crippen LogP contribution < -0.4 is 10.5 Å². The first-order valence-electron chi connectivity index (χ1n) is 16.8. The zero-order valence-electron chi connectivity index (χ0n) is 28.0. The van der Waals surface area contributed by atoms with Crippen molar-refractivity contribution < 1.29 is 28.5 Å². The van der Waals surface area contributed by atoms with Crippen molar-refractivity contribution in [3.05, 3.63) is 105 Å². The zero-order valence-corrected chi connectivity index (χ0v) is 29.0. The number of nitrogens with zero attached hydrogens (tertiary/aromatic N) is 5. The normalized spacial score (nSPS) is 24.8. The molecule has 14 heteroatoms. The van der Waals surface area contributed by atoms with E-state index < -0.39 is 42.4 Å². The van der Waals surface area contributed by atoms with E-state index in [1.54, 1.807) is 54.4 Å². The third-order valence-electron chi connectivity index (χ3n) is 10.6. The molecule has 0 unspecified atom stereocenters. The molecular formula is C36H38FN5O7Si. The van der Waals surface area contributed by atoms with Gasteiger partial charge in [-0.25, -0.2) is 0 Å². The number of aliphatic hydroxyl groups excluding tert-OH is 1. The Morgan fingerprint density at radius 1 is 1.14 bits per heavy atom. The number of nitro groups is 1. The van der Waals surface area contributed by atoms with Crippen LogP contribution in [-0.4, -0.2) is 70.2 Å². The predicted octanol–water partition coefficient (Wildman–Crippen LogP) is 4.99. The van der Waals surface area contributed by atoms with Crippen LogP contribution in [-0.2, 0) is 26.5 Å². The number of carbonyl (C=O) groups is 2. The summed E-state index contributed by atoms with van der Waals surface area (Å²) in [5.74, 6) is -1.54. The summed E-state index contributed by atoms with van der Waals surface area (Å²) in [4.78, 5) is 56.3. The molecule has 0 aliphatic carbocycles. The summed E-state index contributed by atoms with van der Waals surface area (Å²) >= 11 is 0. The summed E-state index contributed by atoms with van der Waals surface area (Å²) in [6.45, 7) is 5.11. The van der Waals surface area contributed by atoms with Crippen LogP contribution in [0.15, 0.2) is 77.7 Å². The number of hydrogen-bond donors (Lipinski definition) is 1. The first-order valence-corrected chi connectivity index (χ1v) is 19.7. The van der Waals surface area contributed by atoms with Crippen molar-refractivity contribution in [2.24, 2.45) is 5.92 Å². The molecule has 12 nitrogen and oxygen atoms in total. The Morgan fingerprint density at radius 2 is 1.92 bits per heavy atom. The molecule has 1 spiro atoms. The van der Waals surface area contributed by atoms with Gasteiger partial charge in [0.25, 0.3) is 17.2 Å². The SMILES string of the molecule is C[C@H]1[C@H]([Si](C)(C)F)[C@@H](CC(=O)N2CCC[C@H]2CO)O[C@]12C(=O)N(Cc1cccc(-n3ncc4ccccc4c3=O)c1)c1ccc([N+](=O)[O-])cc12. The van der Waals surface area contributed by atoms with E-state index in [4.69, 9.17) is 4.74 Å². The monoisotopic (exact) mass is 699 g/mol. The number of non-ortho nitro benzene ring substituents is 1. The van der Waals surface area contributed by atoms with Crippen LogP contribution in [0.4, 0.5) is 15.5 Å². The molecule has 0 bridgehead atoms. The van der Waals surface area contributed by atoms with E-state index in [1.807, 2.05) is 12.1 Å². The molecule has 1 N–H and O–H groups in total. The van der Waals surface area contributed by atoms with Crippen molar-refractivity contribution in [2.45, 2.75) is 69.1 Å². The zero-order chi connectivity index (χ0) is 35.5. The van der Waals surface area contributed by atoms with Gasteiger partial charge in [0.2, 0.25) is 14.3 Å². The summed E-state index contributed by atoms with van der Waals surface area (Å²) in [7, 11) is -3.62. The van der Waals surface area contributed by atoms with Crippen molar-refractivity contribution in [3.8, 4) is 5.69 Å². The quantitative estimate of drug-likeness (QED) is 0.117. The minimum Gasteiger partial charge on any atom is -0.394 e. The number of anilines is 1. The summed E-state index contributed by atoms with van der Waals surface area (Å²) in [5.41, 5.74) is -1.31. The molecule has 2 fully saturated rings. The van der Waals surface area contributed by atoms with Gasteiger partial charge in [-0.05, 0) is 55.8 Å². The Balaban J connectivity index is 1.27. The Morgan fingerprint density at radius 3 is 2.66 bits per heavy atom. The maximum absolute atomic E-state index is 16.3. The van der Waals surface area contributed by atoms with E-state index >= 15 is 4.11 Å². The summed E-state index contributed by atoms with van der Waals surface area (Å²) < 4.78 is 24.3. The predicted molar refractivity (Wildman–Crippen MR) is 186 cm³/mol. The van der Waals surface area contributed by atoms with Crippen LogP contribution in [0, 0.1) is 16.0 Å². The standard InChI is InChI=1S/C36H38FN5O7Si/c1-22-33(50(2,3)37)31(18-32(44)39-15-7-11-27(39)21-43)49-36(22)29-17-26(42(47)48)13-14-30(29)40(35(36)46)20-23-8-6-10-25(16-23)41-34(45)28-12-5-4-9-24(28)19-38-41/h4-6,8-10,12-14,16-17,19,22,27,31,33,43H,7,11,15,18,20-21H2,1-3H3/t22-,27-,31+,33-,36+/m0/s1. The fourth-order valence-corrected chi connectivity index (χ4v) is 10.9. The molecule has 7 rings (SSSR count). The summed E-state index contributed by atoms with van der Waals surface area (Å²) in [6.07, 6.45) is 1.88. The van der Waals surface area contributed by atoms with Gasteiger partial charge in [-0.15, -0.1) is 0 Å². The Hall–Kier alpha value is -4.79. The number of likely N-dealkylation sites (tertiary alicyclic amines) is 1. The summed E-state index contributed by atoms with van der Waals surface area (Å²) in [6, 6.07) is 18.0. The molecule has 4 heterocycles. The van der Waals surface area contributed by atoms with Gasteiger partial charge in [-0.1, -0.05) is 37.3 Å². The van der Waals surface area contributed by atoms with Crippen molar-refractivity contribution in [1.29, 1.82) is 0 Å². The van der Waals surface area contributed by atoms with E-state index in [0.717, 1.165) is 6.42 Å². The van der Waals surface area contributed by atoms with Crippen LogP contribution >= 0.6 is 0 Å². The largest absolute Gasteiger partial charge is 0.394 e. The molecule has 2 saturated heterocycles. The van der Waals surface area contributed by atoms with Crippen molar-refractivity contribution >= 4 is 42.4 Å². The lowest BCUT2D eigenvalue weighted by Crippen LogP contribution is -2.45. The smallest absolute Gasteiger partial charge is 0.279 e. The minimum absolute atomic E-state index is 0.0221. The highest BCUT2D eigenvalue weighted by molar-refractivity contribution is 6.72. The molecule has 3 aliphatic heterocycles. The highest BCUT2D eigenvalue weighted by atomic mass is 28.4. The molecule has 0 radical (unpaired) electrons. The number of hydrogen-bond acceptors (Lipinski definition) is 8. The van der Waals surface area contributed by atoms with Gasteiger partial charge in [0.15, 0.2) is 5.60 Å². The average molecular weight is 700 g/mol. The summed E-state index contributed by atoms with van der Waals surface area (Å²) in [5, 5.41) is 27.4. The Kier molecular flexibility index (Phi) is 8.43. The highest BCUT2D eigenvalue weighted by Crippen LogP contribution is 2.60. The van der Waals surface area contributed by atoms with Gasteiger partial charge in [-0.2, -0.15) is 9.78 Å². The molecule has 0 saturated carbocycles. The van der Waals surface area contributed by atoms with Crippen molar-refractivity contribution in [1.82, 2.24) is 14.7 Å². The van der Waals surface area contributed by atoms with Crippen molar-refractivity contribution in [3.63, 3.8) is 0 Å². The maximum atomic E-state index is 16.3. The third-order valence-corrected chi connectivity index (χ3v) is 13.1. The number of halogens is 1. The number of aromatic nitrogens is 2. The molecular weight excluding hydrogens is 662 g/mol. The van der Waals surface area contributed by atoms with Crippen LogP contribution in [0.25, 0.3) is 16.5 Å². The van der Waals surface area contributed by atoms with Gasteiger partial charge in [0.05, 0.1) is 59.6 Å². The van der Waals surface area contributed by atoms with E-state index in [1.165, 1.54) is 40.9 Å². The average Bonchev–Trinajstić information content (AvgIpc) is 3.75. The van der Waals surface area contributed by atoms with Crippen LogP contribution in [0.3, 0.4) is 0 Å². The van der Waals surface area contributed by atoms with Crippen LogP contribution in [0.5, 0.6) is 0 Å². The molecule has 1 aromatic heterocycles. The van der Waals surface area contributed by atoms with E-state index in [-0.39, 0.29) is 48.3 Å². The highest BCUT2D eigenvalue weighted by Gasteiger charge is 2.67. The van der Waals surface area contributed by atoms with E-state index in [9.17, 15) is 29.6 Å². The molecule has 4 aromatic rings. The topological polar surface area (TPSA) is 148 Å². The number of fused-ring (bicyclic) bond motifs is 3. The minimum atomic E-state index is -3.62. The lowest BCUT2D eigenvalue weighted by molar-refractivity contribution is -0.385. The van der Waals surface area contributed by atoms with Gasteiger partial charge in [0.1, 0.15) is 0 Å². The lowest BCUT2D eigenvalue weighted by atomic mass is 9.82. The molecule has 50 heavy (non-hydrogen) atoms. The number of benzene rings is 3. The van der Waals surface area contributed by atoms with Gasteiger partial charge in [0, 0.05) is 41.1 Å². The van der Waals surface area contributed by atoms with Crippen LogP contribution in [0.1, 0.15) is 37.3 Å².